The molecule has 3 aromatic rings. The van der Waals surface area contributed by atoms with Crippen molar-refractivity contribution in [3.63, 3.8) is 0 Å². The van der Waals surface area contributed by atoms with Crippen molar-refractivity contribution in [2.24, 2.45) is 0 Å². The van der Waals surface area contributed by atoms with Crippen molar-refractivity contribution in [2.75, 3.05) is 6.79 Å². The molecule has 1 heterocycles. The van der Waals surface area contributed by atoms with E-state index in [1.807, 2.05) is 6.07 Å². The molecule has 7 nitrogen and oxygen atoms in total. The number of nitriles is 1. The maximum Gasteiger partial charge on any atom is 0.416 e. The minimum Gasteiger partial charge on any atom is -0.489 e. The van der Waals surface area contributed by atoms with Crippen molar-refractivity contribution in [2.45, 2.75) is 18.9 Å². The SMILES string of the molecule is N#Cc1ccc(OCc2ccc3c(c2)OCO3)cc1O[C@@H](C(=O)O)c1ccccc1C(F)(F)F. The summed E-state index contributed by atoms with van der Waals surface area (Å²) in [7, 11) is 0. The average molecular weight is 471 g/mol. The molecule has 0 unspecified atom stereocenters. The van der Waals surface area contributed by atoms with Gasteiger partial charge >= 0.3 is 12.1 Å². The molecule has 1 atom stereocenters. The fourth-order valence-corrected chi connectivity index (χ4v) is 3.34. The van der Waals surface area contributed by atoms with Crippen LogP contribution in [0.1, 0.15) is 28.4 Å². The Morgan fingerprint density at radius 2 is 1.85 bits per heavy atom. The van der Waals surface area contributed by atoms with Crippen LogP contribution in [0.15, 0.2) is 60.7 Å². The fraction of sp³-hybridized carbons (Fsp3) is 0.167. The van der Waals surface area contributed by atoms with E-state index in [2.05, 4.69) is 0 Å². The number of aliphatic carboxylic acids is 1. The van der Waals surface area contributed by atoms with E-state index in [1.165, 1.54) is 24.3 Å². The van der Waals surface area contributed by atoms with E-state index in [4.69, 9.17) is 18.9 Å². The molecule has 0 aliphatic carbocycles. The van der Waals surface area contributed by atoms with Gasteiger partial charge in [-0.15, -0.1) is 0 Å². The number of rotatable bonds is 7. The summed E-state index contributed by atoms with van der Waals surface area (Å²) >= 11 is 0. The summed E-state index contributed by atoms with van der Waals surface area (Å²) in [5, 5.41) is 19.0. The van der Waals surface area contributed by atoms with Crippen LogP contribution in [0.4, 0.5) is 13.2 Å². The van der Waals surface area contributed by atoms with Gasteiger partial charge in [-0.1, -0.05) is 24.3 Å². The molecule has 10 heteroatoms. The molecule has 0 radical (unpaired) electrons. The Morgan fingerprint density at radius 3 is 2.59 bits per heavy atom. The van der Waals surface area contributed by atoms with Crippen molar-refractivity contribution in [3.05, 3.63) is 82.9 Å². The van der Waals surface area contributed by atoms with Crippen LogP contribution in [0.25, 0.3) is 0 Å². The topological polar surface area (TPSA) is 98.0 Å². The molecule has 0 aromatic heterocycles. The second-order valence-corrected chi connectivity index (χ2v) is 7.17. The van der Waals surface area contributed by atoms with Gasteiger partial charge in [-0.05, 0) is 35.9 Å². The van der Waals surface area contributed by atoms with E-state index < -0.39 is 29.4 Å². The first-order valence-electron chi connectivity index (χ1n) is 9.87. The molecule has 1 aliphatic rings. The highest BCUT2D eigenvalue weighted by atomic mass is 19.4. The van der Waals surface area contributed by atoms with E-state index in [1.54, 1.807) is 18.2 Å². The normalized spacial score (nSPS) is 13.1. The van der Waals surface area contributed by atoms with E-state index >= 15 is 0 Å². The van der Waals surface area contributed by atoms with Crippen LogP contribution in [0, 0.1) is 11.3 Å². The van der Waals surface area contributed by atoms with Crippen LogP contribution in [0.3, 0.4) is 0 Å². The highest BCUT2D eigenvalue weighted by Crippen LogP contribution is 2.37. The number of nitrogens with zero attached hydrogens (tertiary/aromatic N) is 1. The smallest absolute Gasteiger partial charge is 0.416 e. The number of carboxylic acid groups (broad SMARTS) is 1. The first-order chi connectivity index (χ1) is 16.3. The molecule has 174 valence electrons. The lowest BCUT2D eigenvalue weighted by atomic mass is 10.0. The number of ether oxygens (including phenoxy) is 4. The van der Waals surface area contributed by atoms with E-state index in [0.717, 1.165) is 23.8 Å². The second-order valence-electron chi connectivity index (χ2n) is 7.17. The van der Waals surface area contributed by atoms with E-state index in [0.29, 0.717) is 11.5 Å². The van der Waals surface area contributed by atoms with Gasteiger partial charge in [0.25, 0.3) is 0 Å². The molecule has 34 heavy (non-hydrogen) atoms. The number of halogens is 3. The third-order valence-electron chi connectivity index (χ3n) is 4.93. The molecule has 0 fully saturated rings. The summed E-state index contributed by atoms with van der Waals surface area (Å²) in [4.78, 5) is 11.8. The van der Waals surface area contributed by atoms with Gasteiger partial charge in [0.15, 0.2) is 11.5 Å². The van der Waals surface area contributed by atoms with Gasteiger partial charge in [0, 0.05) is 11.6 Å². The highest BCUT2D eigenvalue weighted by Gasteiger charge is 2.38. The maximum absolute atomic E-state index is 13.4. The lowest BCUT2D eigenvalue weighted by Crippen LogP contribution is -2.22. The molecule has 4 rings (SSSR count). The minimum atomic E-state index is -4.79. The van der Waals surface area contributed by atoms with Gasteiger partial charge in [-0.3, -0.25) is 0 Å². The number of carbonyl (C=O) groups is 1. The third-order valence-corrected chi connectivity index (χ3v) is 4.93. The number of hydrogen-bond donors (Lipinski definition) is 1. The Morgan fingerprint density at radius 1 is 1.09 bits per heavy atom. The van der Waals surface area contributed by atoms with Gasteiger partial charge in [0.1, 0.15) is 24.2 Å². The van der Waals surface area contributed by atoms with Crippen LogP contribution in [-0.4, -0.2) is 17.9 Å². The predicted octanol–water partition coefficient (Wildman–Crippen LogP) is 5.09. The largest absolute Gasteiger partial charge is 0.489 e. The van der Waals surface area contributed by atoms with Gasteiger partial charge in [-0.25, -0.2) is 4.79 Å². The summed E-state index contributed by atoms with van der Waals surface area (Å²) in [6.45, 7) is 0.222. The van der Waals surface area contributed by atoms with Crippen LogP contribution in [0.5, 0.6) is 23.0 Å². The molecule has 0 amide bonds. The van der Waals surface area contributed by atoms with Crippen LogP contribution in [0.2, 0.25) is 0 Å². The van der Waals surface area contributed by atoms with Crippen molar-refractivity contribution < 1.29 is 42.0 Å². The highest BCUT2D eigenvalue weighted by molar-refractivity contribution is 5.75. The average Bonchev–Trinajstić information content (AvgIpc) is 3.28. The monoisotopic (exact) mass is 471 g/mol. The number of fused-ring (bicyclic) bond motifs is 1. The lowest BCUT2D eigenvalue weighted by Gasteiger charge is -2.20. The predicted molar refractivity (Wildman–Crippen MR) is 111 cm³/mol. The molecule has 0 spiro atoms. The van der Waals surface area contributed by atoms with Crippen molar-refractivity contribution in [1.82, 2.24) is 0 Å². The Balaban J connectivity index is 1.59. The number of hydrogen-bond acceptors (Lipinski definition) is 6. The Kier molecular flexibility index (Phi) is 6.19. The molecule has 1 aliphatic heterocycles. The summed E-state index contributed by atoms with van der Waals surface area (Å²) in [6.07, 6.45) is -6.80. The summed E-state index contributed by atoms with van der Waals surface area (Å²) in [5.74, 6) is -0.475. The van der Waals surface area contributed by atoms with Gasteiger partial charge < -0.3 is 24.1 Å². The van der Waals surface area contributed by atoms with Gasteiger partial charge in [-0.2, -0.15) is 18.4 Å². The van der Waals surface area contributed by atoms with Crippen molar-refractivity contribution >= 4 is 5.97 Å². The van der Waals surface area contributed by atoms with Crippen molar-refractivity contribution in [3.8, 4) is 29.1 Å². The zero-order valence-electron chi connectivity index (χ0n) is 17.3. The van der Waals surface area contributed by atoms with Gasteiger partial charge in [0.2, 0.25) is 12.9 Å². The molecular weight excluding hydrogens is 455 g/mol. The quantitative estimate of drug-likeness (QED) is 0.513. The van der Waals surface area contributed by atoms with Crippen LogP contribution < -0.4 is 18.9 Å². The fourth-order valence-electron chi connectivity index (χ4n) is 3.34. The standard InChI is InChI=1S/C24H16F3NO6/c25-24(26,27)18-4-2-1-3-17(18)22(23(29)30)34-20-10-16(7-6-15(20)11-28)31-12-14-5-8-19-21(9-14)33-13-32-19/h1-10,22H,12-13H2,(H,29,30)/t22-/m1/s1. The number of alkyl halides is 3. The molecule has 0 bridgehead atoms. The first kappa shape index (κ1) is 22.8. The number of carboxylic acids is 1. The molecular formula is C24H16F3NO6. The molecule has 0 saturated heterocycles. The van der Waals surface area contributed by atoms with E-state index in [-0.39, 0.29) is 30.5 Å². The Labute approximate surface area is 191 Å². The van der Waals surface area contributed by atoms with Crippen LogP contribution in [-0.2, 0) is 17.6 Å². The third kappa shape index (κ3) is 4.83. The summed E-state index contributed by atoms with van der Waals surface area (Å²) < 4.78 is 62.0. The zero-order valence-corrected chi connectivity index (χ0v) is 17.3. The second kappa shape index (κ2) is 9.23. The zero-order chi connectivity index (χ0) is 24.3. The van der Waals surface area contributed by atoms with Crippen LogP contribution >= 0.6 is 0 Å². The van der Waals surface area contributed by atoms with Crippen molar-refractivity contribution in [1.29, 1.82) is 5.26 Å². The number of benzene rings is 3. The van der Waals surface area contributed by atoms with Gasteiger partial charge in [0.05, 0.1) is 11.1 Å². The summed E-state index contributed by atoms with van der Waals surface area (Å²) in [6, 6.07) is 15.3. The Hall–Kier alpha value is -4.39. The molecule has 0 saturated carbocycles. The Bertz CT molecular complexity index is 1270. The minimum absolute atomic E-state index is 0.0637. The maximum atomic E-state index is 13.4. The molecule has 1 N–H and O–H groups in total. The van der Waals surface area contributed by atoms with E-state index in [9.17, 15) is 28.3 Å². The molecule has 3 aromatic carbocycles. The lowest BCUT2D eigenvalue weighted by molar-refractivity contribution is -0.147. The summed E-state index contributed by atoms with van der Waals surface area (Å²) in [5.41, 5.74) is -1.04. The first-order valence-corrected chi connectivity index (χ1v) is 9.87.